The summed E-state index contributed by atoms with van der Waals surface area (Å²) in [5.74, 6) is 0.891. The molecule has 0 radical (unpaired) electrons. The molecule has 15 nitrogen and oxygen atoms in total. The number of imidazole rings is 2. The number of H-pyrrole nitrogens is 2. The summed E-state index contributed by atoms with van der Waals surface area (Å²) in [4.78, 5) is 75.7. The number of rotatable bonds is 11. The van der Waals surface area contributed by atoms with Crippen molar-refractivity contribution in [3.8, 4) is 33.8 Å². The maximum atomic E-state index is 13.6. The number of alkyl carbamates (subject to hydrolysis) is 2. The molecule has 2 fully saturated rings. The van der Waals surface area contributed by atoms with Crippen LogP contribution < -0.4 is 10.6 Å². The van der Waals surface area contributed by atoms with E-state index in [1.165, 1.54) is 14.2 Å². The standard InChI is InChI=1S/C43H51N9O6/c1-24(2)36(49-42(55)57-5)40(53)51-17-7-9-34(51)38-45-22-32(47-38)29-14-13-26-19-28(12-11-27(26)20-29)30-15-16-31(44-21-30)33-23-46-39(48-33)35-10-8-18-52(35)41(54)37(25(3)4)50-43(56)58-6/h11-16,19-25,34-37H,7-10,17-18H2,1-6H3,(H,45,47)(H,46,48)(H,49,55)(H,50,56)/t34-,35-,36-,37-/m0/s1. The Kier molecular flexibility index (Phi) is 11.8. The van der Waals surface area contributed by atoms with Crippen molar-refractivity contribution in [3.63, 3.8) is 0 Å². The maximum Gasteiger partial charge on any atom is 0.407 e. The van der Waals surface area contributed by atoms with Crippen LogP contribution in [0.15, 0.2) is 67.1 Å². The molecule has 2 aliphatic rings. The molecule has 0 unspecified atom stereocenters. The molecule has 4 N–H and O–H groups in total. The van der Waals surface area contributed by atoms with Gasteiger partial charge in [0.15, 0.2) is 0 Å². The van der Waals surface area contributed by atoms with Gasteiger partial charge in [0.05, 0.1) is 49.6 Å². The number of likely N-dealkylation sites (tertiary alicyclic amines) is 2. The molecular weight excluding hydrogens is 739 g/mol. The molecule has 304 valence electrons. The molecule has 2 saturated heterocycles. The van der Waals surface area contributed by atoms with Gasteiger partial charge < -0.3 is 39.9 Å². The van der Waals surface area contributed by atoms with E-state index in [9.17, 15) is 19.2 Å². The van der Waals surface area contributed by atoms with Gasteiger partial charge in [-0.25, -0.2) is 19.6 Å². The number of ether oxygens (including phenoxy) is 2. The number of benzene rings is 2. The molecule has 2 aliphatic heterocycles. The van der Waals surface area contributed by atoms with Crippen LogP contribution in [0.5, 0.6) is 0 Å². The largest absolute Gasteiger partial charge is 0.453 e. The number of hydrogen-bond donors (Lipinski definition) is 4. The van der Waals surface area contributed by atoms with Gasteiger partial charge in [-0.3, -0.25) is 14.6 Å². The van der Waals surface area contributed by atoms with E-state index < -0.39 is 24.3 Å². The Morgan fingerprint density at radius 3 is 1.79 bits per heavy atom. The molecule has 0 spiro atoms. The van der Waals surface area contributed by atoms with Gasteiger partial charge in [0, 0.05) is 36.6 Å². The number of aromatic amines is 2. The van der Waals surface area contributed by atoms with Crippen LogP contribution >= 0.6 is 0 Å². The van der Waals surface area contributed by atoms with E-state index in [2.05, 4.69) is 55.9 Å². The summed E-state index contributed by atoms with van der Waals surface area (Å²) in [6.45, 7) is 8.76. The number of carbonyl (C=O) groups is 4. The summed E-state index contributed by atoms with van der Waals surface area (Å²) >= 11 is 0. The number of carbonyl (C=O) groups excluding carboxylic acids is 4. The van der Waals surface area contributed by atoms with Crippen molar-refractivity contribution in [2.45, 2.75) is 77.5 Å². The van der Waals surface area contributed by atoms with Crippen molar-refractivity contribution in [1.29, 1.82) is 0 Å². The van der Waals surface area contributed by atoms with Crippen molar-refractivity contribution >= 4 is 34.8 Å². The van der Waals surface area contributed by atoms with Crippen molar-refractivity contribution in [2.24, 2.45) is 11.8 Å². The second-order valence-electron chi connectivity index (χ2n) is 15.7. The average molecular weight is 790 g/mol. The Balaban J connectivity index is 1.02. The van der Waals surface area contributed by atoms with E-state index in [4.69, 9.17) is 19.4 Å². The van der Waals surface area contributed by atoms with Crippen LogP contribution in [0.4, 0.5) is 9.59 Å². The minimum Gasteiger partial charge on any atom is -0.453 e. The van der Waals surface area contributed by atoms with E-state index in [0.717, 1.165) is 76.1 Å². The summed E-state index contributed by atoms with van der Waals surface area (Å²) in [6.07, 6.45) is 7.44. The van der Waals surface area contributed by atoms with Crippen LogP contribution in [0, 0.1) is 11.8 Å². The Morgan fingerprint density at radius 1 is 0.690 bits per heavy atom. The van der Waals surface area contributed by atoms with Crippen molar-refractivity contribution in [1.82, 2.24) is 45.4 Å². The highest BCUT2D eigenvalue weighted by Gasteiger charge is 2.39. The third-order valence-electron chi connectivity index (χ3n) is 11.2. The van der Waals surface area contributed by atoms with Crippen LogP contribution in [0.2, 0.25) is 0 Å². The number of fused-ring (bicyclic) bond motifs is 1. The van der Waals surface area contributed by atoms with Crippen molar-refractivity contribution in [2.75, 3.05) is 27.3 Å². The lowest BCUT2D eigenvalue weighted by Crippen LogP contribution is -2.51. The minimum absolute atomic E-state index is 0.108. The summed E-state index contributed by atoms with van der Waals surface area (Å²) in [5.41, 5.74) is 5.23. The van der Waals surface area contributed by atoms with E-state index in [1.807, 2.05) is 63.2 Å². The predicted octanol–water partition coefficient (Wildman–Crippen LogP) is 6.77. The smallest absolute Gasteiger partial charge is 0.407 e. The average Bonchev–Trinajstić information content (AvgIpc) is 4.07. The molecule has 15 heteroatoms. The number of hydrogen-bond acceptors (Lipinski definition) is 9. The maximum absolute atomic E-state index is 13.6. The molecule has 2 aromatic carbocycles. The topological polar surface area (TPSA) is 188 Å². The molecule has 3 aromatic heterocycles. The van der Waals surface area contributed by atoms with Crippen LogP contribution in [0.3, 0.4) is 0 Å². The van der Waals surface area contributed by atoms with Gasteiger partial charge in [-0.05, 0) is 72.1 Å². The molecule has 5 aromatic rings. The second-order valence-corrected chi connectivity index (χ2v) is 15.7. The van der Waals surface area contributed by atoms with Crippen LogP contribution in [0.1, 0.15) is 77.1 Å². The third kappa shape index (κ3) is 8.25. The quantitative estimate of drug-likeness (QED) is 0.112. The minimum atomic E-state index is -0.699. The first kappa shape index (κ1) is 40.0. The van der Waals surface area contributed by atoms with Gasteiger partial charge >= 0.3 is 12.2 Å². The molecule has 58 heavy (non-hydrogen) atoms. The second kappa shape index (κ2) is 17.1. The highest BCUT2D eigenvalue weighted by Crippen LogP contribution is 2.35. The number of methoxy groups -OCH3 is 2. The van der Waals surface area contributed by atoms with Crippen LogP contribution in [-0.2, 0) is 19.1 Å². The Bertz CT molecular complexity index is 2280. The summed E-state index contributed by atoms with van der Waals surface area (Å²) in [7, 11) is 2.58. The van der Waals surface area contributed by atoms with Crippen LogP contribution in [-0.4, -0.2) is 98.1 Å². The highest BCUT2D eigenvalue weighted by atomic mass is 16.5. The van der Waals surface area contributed by atoms with Gasteiger partial charge in [-0.1, -0.05) is 58.0 Å². The van der Waals surface area contributed by atoms with Gasteiger partial charge in [-0.2, -0.15) is 0 Å². The monoisotopic (exact) mass is 789 g/mol. The molecule has 4 atom stereocenters. The molecule has 0 saturated carbocycles. The normalized spacial score (nSPS) is 17.8. The molecule has 5 heterocycles. The number of nitrogens with zero attached hydrogens (tertiary/aromatic N) is 5. The van der Waals surface area contributed by atoms with Gasteiger partial charge in [0.1, 0.15) is 23.7 Å². The Hall–Kier alpha value is -6.25. The SMILES string of the molecule is COC(=O)N[C@H](C(=O)N1CCC[C@H]1c1nc(-c2ccc3cc(-c4ccc(-c5cnc([C@@H]6CCCN6C(=O)[C@@H](NC(=O)OC)C(C)C)[nH]5)nc4)ccc3c2)c[nH]1)C(C)C. The summed E-state index contributed by atoms with van der Waals surface area (Å²) in [5, 5.41) is 7.52. The number of nitrogens with one attached hydrogen (secondary N) is 4. The van der Waals surface area contributed by atoms with Crippen LogP contribution in [0.25, 0.3) is 44.5 Å². The Labute approximate surface area is 337 Å². The first-order valence-corrected chi connectivity index (χ1v) is 19.9. The van der Waals surface area contributed by atoms with E-state index in [1.54, 1.807) is 11.1 Å². The molecule has 0 aliphatic carbocycles. The zero-order chi connectivity index (χ0) is 41.1. The van der Waals surface area contributed by atoms with Gasteiger partial charge in [-0.15, -0.1) is 0 Å². The fourth-order valence-corrected chi connectivity index (χ4v) is 7.99. The fraction of sp³-hybridized carbons (Fsp3) is 0.419. The van der Waals surface area contributed by atoms with Crippen molar-refractivity contribution in [3.05, 3.63) is 78.8 Å². The lowest BCUT2D eigenvalue weighted by atomic mass is 10.00. The summed E-state index contributed by atoms with van der Waals surface area (Å²) < 4.78 is 9.52. The molecule has 7 rings (SSSR count). The van der Waals surface area contributed by atoms with E-state index in [-0.39, 0.29) is 35.7 Å². The fourth-order valence-electron chi connectivity index (χ4n) is 7.99. The van der Waals surface area contributed by atoms with Gasteiger partial charge in [0.2, 0.25) is 11.8 Å². The first-order chi connectivity index (χ1) is 27.9. The van der Waals surface area contributed by atoms with E-state index >= 15 is 0 Å². The first-order valence-electron chi connectivity index (χ1n) is 19.9. The summed E-state index contributed by atoms with van der Waals surface area (Å²) in [6, 6.07) is 14.7. The Morgan fingerprint density at radius 2 is 1.24 bits per heavy atom. The zero-order valence-corrected chi connectivity index (χ0v) is 33.7. The number of pyridine rings is 1. The number of amides is 4. The lowest BCUT2D eigenvalue weighted by Gasteiger charge is -2.30. The molecular formula is C43H51N9O6. The lowest BCUT2D eigenvalue weighted by molar-refractivity contribution is -0.136. The van der Waals surface area contributed by atoms with Gasteiger partial charge in [0.25, 0.3) is 0 Å². The van der Waals surface area contributed by atoms with Crippen molar-refractivity contribution < 1.29 is 28.7 Å². The zero-order valence-electron chi connectivity index (χ0n) is 33.7. The highest BCUT2D eigenvalue weighted by molar-refractivity contribution is 5.91. The molecule has 4 amide bonds. The predicted molar refractivity (Wildman–Crippen MR) is 218 cm³/mol. The molecule has 0 bridgehead atoms. The third-order valence-corrected chi connectivity index (χ3v) is 11.2. The number of aromatic nitrogens is 5. The van der Waals surface area contributed by atoms with E-state index in [0.29, 0.717) is 18.9 Å².